The minimum atomic E-state index is 0.150. The van der Waals surface area contributed by atoms with Crippen LogP contribution in [0.15, 0.2) is 11.8 Å². The predicted octanol–water partition coefficient (Wildman–Crippen LogP) is 2.36. The number of amides is 1. The van der Waals surface area contributed by atoms with Gasteiger partial charge in [0.05, 0.1) is 0 Å². The average Bonchev–Trinajstić information content (AvgIpc) is 2.93. The maximum atomic E-state index is 11.5. The van der Waals surface area contributed by atoms with Gasteiger partial charge in [0.25, 0.3) is 0 Å². The maximum Gasteiger partial charge on any atom is 0.241 e. The van der Waals surface area contributed by atoms with Gasteiger partial charge in [0, 0.05) is 11.6 Å². The van der Waals surface area contributed by atoms with Gasteiger partial charge in [-0.15, -0.1) is 0 Å². The Kier molecular flexibility index (Phi) is 2.96. The van der Waals surface area contributed by atoms with Gasteiger partial charge in [0.2, 0.25) is 5.91 Å². The van der Waals surface area contributed by atoms with Crippen LogP contribution in [0.5, 0.6) is 0 Å². The van der Waals surface area contributed by atoms with Gasteiger partial charge in [-0.25, -0.2) is 0 Å². The molecule has 16 heavy (non-hydrogen) atoms. The lowest BCUT2D eigenvalue weighted by Gasteiger charge is -2.32. The normalized spacial score (nSPS) is 28.2. The highest BCUT2D eigenvalue weighted by Gasteiger charge is 2.30. The van der Waals surface area contributed by atoms with Crippen LogP contribution in [0.3, 0.4) is 0 Å². The topological polar surface area (TPSA) is 41.1 Å². The fraction of sp³-hybridized carbons (Fsp3) is 0.769. The monoisotopic (exact) mass is 222 g/mol. The summed E-state index contributed by atoms with van der Waals surface area (Å²) in [5.41, 5.74) is 7.31. The van der Waals surface area contributed by atoms with Gasteiger partial charge in [0.1, 0.15) is 0 Å². The number of carbonyl (C=O) groups excluding carboxylic acids is 1. The minimum absolute atomic E-state index is 0.150. The van der Waals surface area contributed by atoms with Gasteiger partial charge in [-0.2, -0.15) is 0 Å². The van der Waals surface area contributed by atoms with Crippen LogP contribution >= 0.6 is 0 Å². The number of hydrazine groups is 1. The van der Waals surface area contributed by atoms with E-state index < -0.39 is 0 Å². The van der Waals surface area contributed by atoms with Crippen LogP contribution in [0.25, 0.3) is 0 Å². The Morgan fingerprint density at radius 2 is 2.12 bits per heavy atom. The summed E-state index contributed by atoms with van der Waals surface area (Å²) in [6, 6.07) is 0. The largest absolute Gasteiger partial charge is 0.303 e. The van der Waals surface area contributed by atoms with Gasteiger partial charge in [-0.1, -0.05) is 26.8 Å². The Morgan fingerprint density at radius 1 is 1.44 bits per heavy atom. The highest BCUT2D eigenvalue weighted by molar-refractivity contribution is 5.80. The summed E-state index contributed by atoms with van der Waals surface area (Å²) in [6.07, 6.45) is 6.60. The highest BCUT2D eigenvalue weighted by atomic mass is 16.2. The highest BCUT2D eigenvalue weighted by Crippen LogP contribution is 2.35. The van der Waals surface area contributed by atoms with Crippen LogP contribution in [0.2, 0.25) is 0 Å². The molecular weight excluding hydrogens is 200 g/mol. The van der Waals surface area contributed by atoms with E-state index in [9.17, 15) is 4.79 Å². The molecule has 0 aliphatic heterocycles. The second-order valence-corrected chi connectivity index (χ2v) is 6.06. The molecule has 3 nitrogen and oxygen atoms in total. The lowest BCUT2D eigenvalue weighted by molar-refractivity contribution is -0.123. The summed E-state index contributed by atoms with van der Waals surface area (Å²) in [5, 5.41) is 0. The molecule has 2 N–H and O–H groups in total. The molecule has 2 aliphatic rings. The first-order valence-electron chi connectivity index (χ1n) is 6.24. The van der Waals surface area contributed by atoms with Crippen molar-refractivity contribution in [2.24, 2.45) is 17.3 Å². The number of carbonyl (C=O) groups is 1. The molecule has 2 rings (SSSR count). The number of hydrogen-bond acceptors (Lipinski definition) is 2. The Hall–Kier alpha value is -0.990. The van der Waals surface area contributed by atoms with Crippen LogP contribution in [0.1, 0.15) is 46.5 Å². The third kappa shape index (κ3) is 3.00. The van der Waals surface area contributed by atoms with E-state index in [0.717, 1.165) is 25.0 Å². The van der Waals surface area contributed by atoms with Gasteiger partial charge in [0.15, 0.2) is 0 Å². The van der Waals surface area contributed by atoms with Crippen molar-refractivity contribution in [2.75, 3.05) is 0 Å². The lowest BCUT2D eigenvalue weighted by atomic mass is 9.76. The lowest BCUT2D eigenvalue weighted by Crippen LogP contribution is -2.39. The van der Waals surface area contributed by atoms with Crippen LogP contribution in [-0.2, 0) is 4.79 Å². The third-order valence-corrected chi connectivity index (χ3v) is 3.30. The molecule has 1 atom stereocenters. The smallest absolute Gasteiger partial charge is 0.241 e. The van der Waals surface area contributed by atoms with Crippen molar-refractivity contribution >= 4 is 5.91 Å². The first kappa shape index (κ1) is 11.5. The molecule has 0 radical (unpaired) electrons. The zero-order chi connectivity index (χ0) is 11.8. The van der Waals surface area contributed by atoms with Crippen molar-refractivity contribution in [3.63, 3.8) is 0 Å². The van der Waals surface area contributed by atoms with E-state index in [-0.39, 0.29) is 17.2 Å². The molecule has 0 spiro atoms. The van der Waals surface area contributed by atoms with Crippen LogP contribution in [0.4, 0.5) is 0 Å². The fourth-order valence-electron chi connectivity index (χ4n) is 2.61. The van der Waals surface area contributed by atoms with Crippen molar-refractivity contribution in [3.05, 3.63) is 11.8 Å². The molecule has 0 unspecified atom stereocenters. The second-order valence-electron chi connectivity index (χ2n) is 6.06. The molecule has 1 amide bonds. The molecule has 0 aromatic heterocycles. The summed E-state index contributed by atoms with van der Waals surface area (Å²) >= 11 is 0. The minimum Gasteiger partial charge on any atom is -0.303 e. The van der Waals surface area contributed by atoms with E-state index in [4.69, 9.17) is 0 Å². The molecule has 0 aromatic rings. The van der Waals surface area contributed by atoms with E-state index in [0.29, 0.717) is 5.92 Å². The van der Waals surface area contributed by atoms with Gasteiger partial charge in [-0.3, -0.25) is 10.2 Å². The number of rotatable bonds is 3. The standard InChI is InChI=1S/C13H22N2O/c1-9-6-11(8-13(2,3)7-9)14-15-12(16)10-4-5-10/h8-10,14H,4-7H2,1-3H3,(H,15,16)/t9-/m0/s1. The summed E-state index contributed by atoms with van der Waals surface area (Å²) in [4.78, 5) is 11.5. The van der Waals surface area contributed by atoms with Gasteiger partial charge in [-0.05, 0) is 37.0 Å². The van der Waals surface area contributed by atoms with E-state index in [1.807, 2.05) is 0 Å². The van der Waals surface area contributed by atoms with Crippen molar-refractivity contribution in [1.29, 1.82) is 0 Å². The van der Waals surface area contributed by atoms with E-state index in [2.05, 4.69) is 37.7 Å². The first-order chi connectivity index (χ1) is 7.46. The molecule has 0 aromatic carbocycles. The molecule has 2 aliphatic carbocycles. The van der Waals surface area contributed by atoms with E-state index in [1.165, 1.54) is 6.42 Å². The molecule has 1 saturated carbocycles. The Balaban J connectivity index is 1.88. The quantitative estimate of drug-likeness (QED) is 0.720. The Morgan fingerprint density at radius 3 is 2.69 bits per heavy atom. The SMILES string of the molecule is C[C@H]1CC(NNC(=O)C2CC2)=CC(C)(C)C1. The molecule has 0 heterocycles. The van der Waals surface area contributed by atoms with E-state index >= 15 is 0 Å². The first-order valence-corrected chi connectivity index (χ1v) is 6.24. The molecule has 0 bridgehead atoms. The third-order valence-electron chi connectivity index (χ3n) is 3.30. The zero-order valence-corrected chi connectivity index (χ0v) is 10.5. The van der Waals surface area contributed by atoms with Crippen molar-refractivity contribution < 1.29 is 4.79 Å². The fourth-order valence-corrected chi connectivity index (χ4v) is 2.61. The summed E-state index contributed by atoms with van der Waals surface area (Å²) in [6.45, 7) is 6.75. The van der Waals surface area contributed by atoms with Crippen LogP contribution in [-0.4, -0.2) is 5.91 Å². The van der Waals surface area contributed by atoms with Gasteiger partial charge < -0.3 is 5.43 Å². The summed E-state index contributed by atoms with van der Waals surface area (Å²) < 4.78 is 0. The van der Waals surface area contributed by atoms with Gasteiger partial charge >= 0.3 is 0 Å². The molecule has 90 valence electrons. The van der Waals surface area contributed by atoms with Crippen molar-refractivity contribution in [2.45, 2.75) is 46.5 Å². The predicted molar refractivity (Wildman–Crippen MR) is 64.3 cm³/mol. The Bertz CT molecular complexity index is 316. The molecular formula is C13H22N2O. The molecule has 0 saturated heterocycles. The number of allylic oxidation sites excluding steroid dienone is 2. The molecule has 1 fully saturated rings. The van der Waals surface area contributed by atoms with E-state index in [1.54, 1.807) is 0 Å². The zero-order valence-electron chi connectivity index (χ0n) is 10.5. The van der Waals surface area contributed by atoms with Crippen LogP contribution in [0, 0.1) is 17.3 Å². The number of nitrogens with one attached hydrogen (secondary N) is 2. The number of hydrogen-bond donors (Lipinski definition) is 2. The Labute approximate surface area is 97.6 Å². The maximum absolute atomic E-state index is 11.5. The summed E-state index contributed by atoms with van der Waals surface area (Å²) in [7, 11) is 0. The second kappa shape index (κ2) is 4.11. The van der Waals surface area contributed by atoms with Crippen molar-refractivity contribution in [3.8, 4) is 0 Å². The molecule has 3 heteroatoms. The summed E-state index contributed by atoms with van der Waals surface area (Å²) in [5.74, 6) is 1.10. The van der Waals surface area contributed by atoms with Crippen LogP contribution < -0.4 is 10.9 Å². The average molecular weight is 222 g/mol. The van der Waals surface area contributed by atoms with Crippen molar-refractivity contribution in [1.82, 2.24) is 10.9 Å².